The number of benzene rings is 1. The van der Waals surface area contributed by atoms with Crippen LogP contribution >= 0.6 is 11.6 Å². The summed E-state index contributed by atoms with van der Waals surface area (Å²) in [5.74, 6) is 0.554. The number of hydrogen-bond donors (Lipinski definition) is 3. The van der Waals surface area contributed by atoms with Gasteiger partial charge in [0.25, 0.3) is 0 Å². The van der Waals surface area contributed by atoms with Gasteiger partial charge in [0.1, 0.15) is 23.2 Å². The Hall–Kier alpha value is -3.97. The van der Waals surface area contributed by atoms with Crippen molar-refractivity contribution in [2.75, 3.05) is 11.9 Å². The number of aromatic amines is 1. The third-order valence-corrected chi connectivity index (χ3v) is 6.54. The summed E-state index contributed by atoms with van der Waals surface area (Å²) in [4.78, 5) is 21.9. The predicted molar refractivity (Wildman–Crippen MR) is 133 cm³/mol. The largest absolute Gasteiger partial charge is 0.338 e. The van der Waals surface area contributed by atoms with Crippen LogP contribution in [0.5, 0.6) is 0 Å². The van der Waals surface area contributed by atoms with Crippen LogP contribution in [0.25, 0.3) is 33.5 Å². The summed E-state index contributed by atoms with van der Waals surface area (Å²) in [6.45, 7) is 0.593. The molecule has 1 saturated carbocycles. The fourth-order valence-corrected chi connectivity index (χ4v) is 4.72. The van der Waals surface area contributed by atoms with Gasteiger partial charge in [-0.3, -0.25) is 15.1 Å². The monoisotopic (exact) mass is 489 g/mol. The van der Waals surface area contributed by atoms with Crippen molar-refractivity contribution in [2.45, 2.75) is 32.1 Å². The lowest BCUT2D eigenvalue weighted by atomic mass is 9.89. The average Bonchev–Trinajstić information content (AvgIpc) is 3.52. The molecule has 0 spiro atoms. The minimum absolute atomic E-state index is 0.00379. The second-order valence-electron chi connectivity index (χ2n) is 8.74. The maximum absolute atomic E-state index is 12.6. The number of hydrogen-bond acceptors (Lipinski definition) is 6. The van der Waals surface area contributed by atoms with Gasteiger partial charge in [-0.15, -0.1) is 0 Å². The molecule has 1 aliphatic rings. The molecule has 1 aromatic carbocycles. The molecule has 3 aromatic heterocycles. The highest BCUT2D eigenvalue weighted by Crippen LogP contribution is 2.34. The van der Waals surface area contributed by atoms with Crippen LogP contribution in [0.2, 0.25) is 5.02 Å². The molecule has 0 aliphatic heterocycles. The minimum atomic E-state index is -0.413. The van der Waals surface area contributed by atoms with Crippen molar-refractivity contribution in [3.63, 3.8) is 0 Å². The number of amides is 2. The molecule has 178 valence electrons. The summed E-state index contributed by atoms with van der Waals surface area (Å²) in [5.41, 5.74) is 2.76. The molecule has 1 aliphatic carbocycles. The molecule has 4 aromatic rings. The summed E-state index contributed by atoms with van der Waals surface area (Å²) in [6.07, 6.45) is 9.33. The minimum Gasteiger partial charge on any atom is -0.338 e. The van der Waals surface area contributed by atoms with Crippen LogP contribution in [-0.2, 0) is 7.05 Å². The van der Waals surface area contributed by atoms with Crippen molar-refractivity contribution in [2.24, 2.45) is 13.0 Å². The van der Waals surface area contributed by atoms with E-state index < -0.39 is 6.03 Å². The lowest BCUT2D eigenvalue weighted by Crippen LogP contribution is -2.34. The average molecular weight is 490 g/mol. The number of nitrogens with one attached hydrogen (secondary N) is 3. The Kier molecular flexibility index (Phi) is 6.33. The summed E-state index contributed by atoms with van der Waals surface area (Å²) >= 11 is 6.46. The highest BCUT2D eigenvalue weighted by molar-refractivity contribution is 6.35. The van der Waals surface area contributed by atoms with Gasteiger partial charge in [-0.2, -0.15) is 15.5 Å². The number of anilines is 1. The van der Waals surface area contributed by atoms with E-state index in [0.717, 1.165) is 18.2 Å². The van der Waals surface area contributed by atoms with E-state index in [-0.39, 0.29) is 11.5 Å². The van der Waals surface area contributed by atoms with E-state index in [1.54, 1.807) is 36.3 Å². The number of nitriles is 1. The summed E-state index contributed by atoms with van der Waals surface area (Å²) < 4.78 is 1.65. The second kappa shape index (κ2) is 9.72. The van der Waals surface area contributed by atoms with Crippen molar-refractivity contribution in [3.8, 4) is 28.7 Å². The van der Waals surface area contributed by atoms with E-state index in [1.807, 2.05) is 6.07 Å². The molecule has 10 nitrogen and oxygen atoms in total. The van der Waals surface area contributed by atoms with Gasteiger partial charge in [-0.25, -0.2) is 14.8 Å². The van der Waals surface area contributed by atoms with Crippen molar-refractivity contribution in [3.05, 3.63) is 41.3 Å². The Bertz CT molecular complexity index is 1430. The molecule has 0 saturated heterocycles. The normalized spacial score (nSPS) is 14.1. The third-order valence-electron chi connectivity index (χ3n) is 6.24. The van der Waals surface area contributed by atoms with Gasteiger partial charge in [0, 0.05) is 30.7 Å². The number of urea groups is 1. The summed E-state index contributed by atoms with van der Waals surface area (Å²) in [5, 5.41) is 28.1. The summed E-state index contributed by atoms with van der Waals surface area (Å²) in [6, 6.07) is 7.04. The van der Waals surface area contributed by atoms with E-state index in [2.05, 4.69) is 42.0 Å². The number of carbonyl (C=O) groups excluding carboxylic acids is 1. The van der Waals surface area contributed by atoms with Crippen LogP contribution in [0.15, 0.2) is 30.6 Å². The molecule has 1 fully saturated rings. The first-order valence-electron chi connectivity index (χ1n) is 11.5. The van der Waals surface area contributed by atoms with E-state index in [0.29, 0.717) is 45.6 Å². The topological polar surface area (TPSA) is 137 Å². The zero-order valence-electron chi connectivity index (χ0n) is 19.2. The maximum Gasteiger partial charge on any atom is 0.320 e. The molecular weight excluding hydrogens is 466 g/mol. The predicted octanol–water partition coefficient (Wildman–Crippen LogP) is 4.65. The van der Waals surface area contributed by atoms with Crippen LogP contribution < -0.4 is 10.6 Å². The highest BCUT2D eigenvalue weighted by Gasteiger charge is 2.21. The highest BCUT2D eigenvalue weighted by atomic mass is 35.5. The Morgan fingerprint density at radius 2 is 2.09 bits per heavy atom. The van der Waals surface area contributed by atoms with E-state index in [1.165, 1.54) is 19.3 Å². The first kappa shape index (κ1) is 22.8. The second-order valence-corrected chi connectivity index (χ2v) is 9.14. The van der Waals surface area contributed by atoms with E-state index in [9.17, 15) is 10.1 Å². The van der Waals surface area contributed by atoms with Crippen LogP contribution in [0, 0.1) is 17.2 Å². The third kappa shape index (κ3) is 4.81. The number of carbonyl (C=O) groups is 1. The zero-order valence-corrected chi connectivity index (χ0v) is 19.9. The number of fused-ring (bicyclic) bond motifs is 1. The zero-order chi connectivity index (χ0) is 24.4. The SMILES string of the molecule is Cn1ccc(-c2nc(NC(=O)NCC3CCCCC3)c(C#N)nc2-c2cc(Cl)c3[nH]ncc3c2)n1. The Morgan fingerprint density at radius 3 is 2.83 bits per heavy atom. The molecule has 2 amide bonds. The molecule has 0 atom stereocenters. The Balaban J connectivity index is 1.51. The molecule has 3 N–H and O–H groups in total. The van der Waals surface area contributed by atoms with Crippen LogP contribution in [0.4, 0.5) is 10.6 Å². The van der Waals surface area contributed by atoms with Gasteiger partial charge in [0.2, 0.25) is 0 Å². The number of rotatable bonds is 5. The van der Waals surface area contributed by atoms with Gasteiger partial charge in [-0.05, 0) is 37.0 Å². The number of H-pyrrole nitrogens is 1. The van der Waals surface area contributed by atoms with Crippen LogP contribution in [0.3, 0.4) is 0 Å². The lowest BCUT2D eigenvalue weighted by Gasteiger charge is -2.21. The molecule has 0 radical (unpaired) electrons. The van der Waals surface area contributed by atoms with Gasteiger partial charge < -0.3 is 5.32 Å². The Morgan fingerprint density at radius 1 is 1.26 bits per heavy atom. The molecule has 11 heteroatoms. The molecule has 3 heterocycles. The van der Waals surface area contributed by atoms with Crippen molar-refractivity contribution in [1.82, 2.24) is 35.3 Å². The Labute approximate surface area is 206 Å². The van der Waals surface area contributed by atoms with Gasteiger partial charge in [0.05, 0.1) is 16.7 Å². The van der Waals surface area contributed by atoms with E-state index >= 15 is 0 Å². The first-order chi connectivity index (χ1) is 17.0. The number of halogens is 1. The van der Waals surface area contributed by atoms with Crippen molar-refractivity contribution < 1.29 is 4.79 Å². The number of aryl methyl sites for hydroxylation is 1. The van der Waals surface area contributed by atoms with E-state index in [4.69, 9.17) is 11.6 Å². The molecular formula is C24H24ClN9O. The fraction of sp³-hybridized carbons (Fsp3) is 0.333. The summed E-state index contributed by atoms with van der Waals surface area (Å²) in [7, 11) is 1.80. The molecule has 0 bridgehead atoms. The van der Waals surface area contributed by atoms with Gasteiger partial charge >= 0.3 is 6.03 Å². The molecule has 35 heavy (non-hydrogen) atoms. The first-order valence-corrected chi connectivity index (χ1v) is 11.9. The van der Waals surface area contributed by atoms with Gasteiger partial charge in [0.15, 0.2) is 11.5 Å². The fourth-order valence-electron chi connectivity index (χ4n) is 4.45. The standard InChI is InChI=1S/C24H24ClN9O/c1-34-8-7-18(33-34)22-21(15-9-16-13-28-32-20(16)17(25)10-15)29-19(11-26)23(30-22)31-24(35)27-12-14-5-3-2-4-6-14/h7-10,13-14H,2-6,12H2,1H3,(H,28,32)(H2,27,30,31,35). The maximum atomic E-state index is 12.6. The number of aromatic nitrogens is 6. The molecule has 0 unspecified atom stereocenters. The number of nitrogens with zero attached hydrogens (tertiary/aromatic N) is 6. The smallest absolute Gasteiger partial charge is 0.320 e. The lowest BCUT2D eigenvalue weighted by molar-refractivity contribution is 0.247. The van der Waals surface area contributed by atoms with Crippen LogP contribution in [-0.4, -0.2) is 42.5 Å². The quantitative estimate of drug-likeness (QED) is 0.373. The van der Waals surface area contributed by atoms with Crippen molar-refractivity contribution >= 4 is 34.4 Å². The van der Waals surface area contributed by atoms with Crippen molar-refractivity contribution in [1.29, 1.82) is 5.26 Å². The van der Waals surface area contributed by atoms with Crippen LogP contribution in [0.1, 0.15) is 37.8 Å². The molecule has 5 rings (SSSR count). The van der Waals surface area contributed by atoms with Gasteiger partial charge in [-0.1, -0.05) is 30.9 Å².